The Morgan fingerprint density at radius 2 is 1.88 bits per heavy atom. The number of hydrogen-bond acceptors (Lipinski definition) is 4. The number of aliphatic imine (C=N–C) groups is 1. The summed E-state index contributed by atoms with van der Waals surface area (Å²) < 4.78 is 11.2. The van der Waals surface area contributed by atoms with Gasteiger partial charge in [0.1, 0.15) is 0 Å². The normalized spacial score (nSPS) is 18.9. The quantitative estimate of drug-likeness (QED) is 0.211. The molecular weight excluding hydrogens is 431 g/mol. The van der Waals surface area contributed by atoms with Gasteiger partial charge in [0.2, 0.25) is 0 Å². The van der Waals surface area contributed by atoms with Gasteiger partial charge in [-0.3, -0.25) is 9.89 Å². The van der Waals surface area contributed by atoms with E-state index in [1.54, 1.807) is 0 Å². The molecule has 1 aliphatic heterocycles. The van der Waals surface area contributed by atoms with E-state index in [0.717, 1.165) is 83.9 Å². The molecule has 1 heterocycles. The largest absolute Gasteiger partial charge is 0.381 e. The molecule has 0 atom stereocenters. The summed E-state index contributed by atoms with van der Waals surface area (Å²) in [5, 5.41) is 6.77. The molecule has 1 saturated heterocycles. The van der Waals surface area contributed by atoms with E-state index in [0.29, 0.717) is 5.92 Å². The maximum Gasteiger partial charge on any atom is 0.191 e. The molecule has 0 radical (unpaired) electrons. The maximum atomic E-state index is 5.79. The first-order valence-electron chi connectivity index (χ1n) is 9.67. The Kier molecular flexibility index (Phi) is 12.8. The molecule has 0 aromatic heterocycles. The first-order chi connectivity index (χ1) is 11.8. The molecule has 7 heteroatoms. The molecule has 1 aliphatic carbocycles. The predicted molar refractivity (Wildman–Crippen MR) is 114 cm³/mol. The summed E-state index contributed by atoms with van der Waals surface area (Å²) in [6, 6.07) is 0.833. The number of rotatable bonds is 11. The van der Waals surface area contributed by atoms with E-state index >= 15 is 0 Å². The fraction of sp³-hybridized carbons (Fsp3) is 0.944. The number of ether oxygens (including phenoxy) is 2. The van der Waals surface area contributed by atoms with E-state index in [4.69, 9.17) is 9.47 Å². The van der Waals surface area contributed by atoms with Gasteiger partial charge in [0.25, 0.3) is 0 Å². The van der Waals surface area contributed by atoms with Crippen molar-refractivity contribution in [3.63, 3.8) is 0 Å². The Morgan fingerprint density at radius 1 is 1.16 bits per heavy atom. The zero-order valence-electron chi connectivity index (χ0n) is 16.0. The van der Waals surface area contributed by atoms with Crippen molar-refractivity contribution < 1.29 is 9.47 Å². The average molecular weight is 468 g/mol. The third kappa shape index (κ3) is 9.96. The van der Waals surface area contributed by atoms with E-state index in [1.807, 2.05) is 7.05 Å². The molecule has 6 nitrogen and oxygen atoms in total. The molecule has 0 spiro atoms. The Balaban J connectivity index is 0.00000312. The molecule has 148 valence electrons. The molecule has 0 unspecified atom stereocenters. The highest BCUT2D eigenvalue weighted by molar-refractivity contribution is 14.0. The van der Waals surface area contributed by atoms with Gasteiger partial charge in [-0.05, 0) is 44.6 Å². The van der Waals surface area contributed by atoms with E-state index in [-0.39, 0.29) is 24.0 Å². The van der Waals surface area contributed by atoms with Crippen LogP contribution in [0.1, 0.15) is 39.0 Å². The van der Waals surface area contributed by atoms with E-state index in [2.05, 4.69) is 27.4 Å². The number of nitrogens with zero attached hydrogens (tertiary/aromatic N) is 2. The zero-order valence-corrected chi connectivity index (χ0v) is 18.3. The van der Waals surface area contributed by atoms with Crippen LogP contribution in [0.25, 0.3) is 0 Å². The molecule has 1 saturated carbocycles. The summed E-state index contributed by atoms with van der Waals surface area (Å²) in [6.45, 7) is 9.81. The lowest BCUT2D eigenvalue weighted by molar-refractivity contribution is 0.0203. The Hall–Kier alpha value is -0.120. The van der Waals surface area contributed by atoms with Crippen LogP contribution in [0.4, 0.5) is 0 Å². The summed E-state index contributed by atoms with van der Waals surface area (Å²) in [7, 11) is 1.83. The highest BCUT2D eigenvalue weighted by atomic mass is 127. The minimum Gasteiger partial charge on any atom is -0.381 e. The minimum atomic E-state index is 0. The lowest BCUT2D eigenvalue weighted by Crippen LogP contribution is -2.42. The van der Waals surface area contributed by atoms with Crippen molar-refractivity contribution in [3.8, 4) is 0 Å². The van der Waals surface area contributed by atoms with Crippen LogP contribution in [0.5, 0.6) is 0 Å². The van der Waals surface area contributed by atoms with Crippen LogP contribution >= 0.6 is 24.0 Å². The number of guanidine groups is 1. The van der Waals surface area contributed by atoms with Crippen molar-refractivity contribution >= 4 is 29.9 Å². The van der Waals surface area contributed by atoms with Crippen molar-refractivity contribution in [1.29, 1.82) is 0 Å². The van der Waals surface area contributed by atoms with Gasteiger partial charge in [-0.1, -0.05) is 6.92 Å². The van der Waals surface area contributed by atoms with E-state index < -0.39 is 0 Å². The van der Waals surface area contributed by atoms with Crippen LogP contribution in [-0.2, 0) is 9.47 Å². The summed E-state index contributed by atoms with van der Waals surface area (Å²) in [5.74, 6) is 1.58. The van der Waals surface area contributed by atoms with Gasteiger partial charge >= 0.3 is 0 Å². The predicted octanol–water partition coefficient (Wildman–Crippen LogP) is 2.09. The molecule has 2 rings (SSSR count). The van der Waals surface area contributed by atoms with Crippen LogP contribution in [0, 0.1) is 5.92 Å². The van der Waals surface area contributed by atoms with Crippen LogP contribution in [0.15, 0.2) is 4.99 Å². The maximum absolute atomic E-state index is 5.79. The molecule has 0 aromatic rings. The van der Waals surface area contributed by atoms with Gasteiger partial charge < -0.3 is 20.1 Å². The average Bonchev–Trinajstić information content (AvgIpc) is 3.45. The molecule has 0 bridgehead atoms. The summed E-state index contributed by atoms with van der Waals surface area (Å²) in [4.78, 5) is 6.83. The van der Waals surface area contributed by atoms with Gasteiger partial charge in [-0.2, -0.15) is 0 Å². The van der Waals surface area contributed by atoms with Crippen LogP contribution in [-0.4, -0.2) is 76.6 Å². The lowest BCUT2D eigenvalue weighted by Gasteiger charge is -2.22. The van der Waals surface area contributed by atoms with Crippen LogP contribution in [0.3, 0.4) is 0 Å². The second kappa shape index (κ2) is 14.0. The van der Waals surface area contributed by atoms with Crippen molar-refractivity contribution in [2.45, 2.75) is 45.1 Å². The Labute approximate surface area is 170 Å². The van der Waals surface area contributed by atoms with Crippen LogP contribution in [0.2, 0.25) is 0 Å². The summed E-state index contributed by atoms with van der Waals surface area (Å²) in [6.07, 6.45) is 6.03. The van der Waals surface area contributed by atoms with Crippen molar-refractivity contribution in [2.24, 2.45) is 10.9 Å². The molecule has 2 aliphatic rings. The standard InChI is InChI=1S/C18H36N4O2.HI/c1-3-22(17-5-6-17)11-10-21-18(19-2)20-9-4-12-24-15-16-7-13-23-14-8-16;/h16-17H,3-15H2,1-2H3,(H2,19,20,21);1H. The highest BCUT2D eigenvalue weighted by Crippen LogP contribution is 2.25. The molecule has 25 heavy (non-hydrogen) atoms. The summed E-state index contributed by atoms with van der Waals surface area (Å²) >= 11 is 0. The fourth-order valence-corrected chi connectivity index (χ4v) is 3.12. The smallest absolute Gasteiger partial charge is 0.191 e. The van der Waals surface area contributed by atoms with E-state index in [1.165, 1.54) is 12.8 Å². The Morgan fingerprint density at radius 3 is 2.52 bits per heavy atom. The number of halogens is 1. The molecule has 2 fully saturated rings. The lowest BCUT2D eigenvalue weighted by atomic mass is 10.0. The SMILES string of the molecule is CCN(CCNC(=NC)NCCCOCC1CCOCC1)C1CC1.I. The molecule has 2 N–H and O–H groups in total. The summed E-state index contributed by atoms with van der Waals surface area (Å²) in [5.41, 5.74) is 0. The van der Waals surface area contributed by atoms with Gasteiger partial charge in [0.15, 0.2) is 5.96 Å². The second-order valence-electron chi connectivity index (χ2n) is 6.77. The van der Waals surface area contributed by atoms with Crippen molar-refractivity contribution in [3.05, 3.63) is 0 Å². The fourth-order valence-electron chi connectivity index (χ4n) is 3.12. The molecular formula is C18H37IN4O2. The van der Waals surface area contributed by atoms with E-state index in [9.17, 15) is 0 Å². The Bertz CT molecular complexity index is 361. The zero-order chi connectivity index (χ0) is 17.0. The van der Waals surface area contributed by atoms with Crippen molar-refractivity contribution in [2.75, 3.05) is 59.7 Å². The van der Waals surface area contributed by atoms with Gasteiger partial charge in [-0.15, -0.1) is 24.0 Å². The van der Waals surface area contributed by atoms with Gasteiger partial charge in [0.05, 0.1) is 0 Å². The first kappa shape index (κ1) is 22.9. The molecule has 0 amide bonds. The minimum absolute atomic E-state index is 0. The first-order valence-corrected chi connectivity index (χ1v) is 9.67. The third-order valence-corrected chi connectivity index (χ3v) is 4.84. The number of hydrogen-bond donors (Lipinski definition) is 2. The topological polar surface area (TPSA) is 58.1 Å². The van der Waals surface area contributed by atoms with Gasteiger partial charge in [0, 0.05) is 59.2 Å². The monoisotopic (exact) mass is 468 g/mol. The second-order valence-corrected chi connectivity index (χ2v) is 6.77. The molecule has 0 aromatic carbocycles. The van der Waals surface area contributed by atoms with Crippen LogP contribution < -0.4 is 10.6 Å². The third-order valence-electron chi connectivity index (χ3n) is 4.84. The number of nitrogens with one attached hydrogen (secondary N) is 2. The van der Waals surface area contributed by atoms with Crippen molar-refractivity contribution in [1.82, 2.24) is 15.5 Å². The number of likely N-dealkylation sites (N-methyl/N-ethyl adjacent to an activating group) is 1. The van der Waals surface area contributed by atoms with Gasteiger partial charge in [-0.25, -0.2) is 0 Å². The highest BCUT2D eigenvalue weighted by Gasteiger charge is 2.27.